The first kappa shape index (κ1) is 22.6. The number of carboxylic acid groups (broad SMARTS) is 1. The van der Waals surface area contributed by atoms with Gasteiger partial charge < -0.3 is 9.84 Å². The molecule has 0 bridgehead atoms. The number of rotatable bonds is 8. The molecule has 0 aliphatic rings. The average Bonchev–Trinajstić information content (AvgIpc) is 3.17. The zero-order valence-electron chi connectivity index (χ0n) is 18.5. The Hall–Kier alpha value is -3.58. The Morgan fingerprint density at radius 3 is 2.45 bits per heavy atom. The number of benzene rings is 3. The van der Waals surface area contributed by atoms with Gasteiger partial charge in [0.25, 0.3) is 10.0 Å². The van der Waals surface area contributed by atoms with E-state index in [0.717, 1.165) is 11.1 Å². The summed E-state index contributed by atoms with van der Waals surface area (Å²) in [6.07, 6.45) is 1.64. The van der Waals surface area contributed by atoms with E-state index in [2.05, 4.69) is 0 Å². The van der Waals surface area contributed by atoms with Crippen LogP contribution in [0.5, 0.6) is 5.75 Å². The number of hydrogen-bond acceptors (Lipinski definition) is 4. The molecule has 33 heavy (non-hydrogen) atoms. The van der Waals surface area contributed by atoms with Crippen molar-refractivity contribution in [1.82, 2.24) is 3.97 Å². The van der Waals surface area contributed by atoms with Gasteiger partial charge in [-0.3, -0.25) is 4.79 Å². The highest BCUT2D eigenvalue weighted by Crippen LogP contribution is 2.34. The number of aliphatic carboxylic acids is 1. The van der Waals surface area contributed by atoms with E-state index in [-0.39, 0.29) is 17.7 Å². The second kappa shape index (κ2) is 9.11. The number of carbonyl (C=O) groups is 1. The lowest BCUT2D eigenvalue weighted by Crippen LogP contribution is -2.13. The Balaban J connectivity index is 1.90. The van der Waals surface area contributed by atoms with E-state index in [9.17, 15) is 13.2 Å². The highest BCUT2D eigenvalue weighted by molar-refractivity contribution is 7.90. The van der Waals surface area contributed by atoms with Crippen LogP contribution >= 0.6 is 0 Å². The molecule has 0 aliphatic heterocycles. The minimum atomic E-state index is -3.97. The van der Waals surface area contributed by atoms with Gasteiger partial charge in [-0.15, -0.1) is 0 Å². The molecule has 0 unspecified atom stereocenters. The first-order valence-corrected chi connectivity index (χ1v) is 12.2. The van der Waals surface area contributed by atoms with Crippen LogP contribution in [0, 0.1) is 6.92 Å². The predicted octanol–water partition coefficient (Wildman–Crippen LogP) is 5.27. The highest BCUT2D eigenvalue weighted by atomic mass is 32.2. The molecule has 6 nitrogen and oxygen atoms in total. The Kier molecular flexibility index (Phi) is 6.24. The molecule has 0 saturated heterocycles. The lowest BCUT2D eigenvalue weighted by Gasteiger charge is -2.13. The van der Waals surface area contributed by atoms with Gasteiger partial charge in [0.1, 0.15) is 5.75 Å². The topological polar surface area (TPSA) is 85.6 Å². The SMILES string of the molecule is CCOc1ccc2c(c1)c(CCC(=O)O)cn2S(=O)(=O)c1ccccc1-c1ccc(C)cc1. The molecular formula is C26H25NO5S. The number of hydrogen-bond donors (Lipinski definition) is 1. The highest BCUT2D eigenvalue weighted by Gasteiger charge is 2.25. The molecule has 3 aromatic carbocycles. The third-order valence-electron chi connectivity index (χ3n) is 5.53. The minimum absolute atomic E-state index is 0.0992. The summed E-state index contributed by atoms with van der Waals surface area (Å²) < 4.78 is 34.6. The van der Waals surface area contributed by atoms with Gasteiger partial charge in [0.2, 0.25) is 0 Å². The second-order valence-electron chi connectivity index (χ2n) is 7.82. The summed E-state index contributed by atoms with van der Waals surface area (Å²) in [5.74, 6) is -0.332. The van der Waals surface area contributed by atoms with E-state index in [1.54, 1.807) is 36.4 Å². The monoisotopic (exact) mass is 463 g/mol. The molecule has 0 atom stereocenters. The van der Waals surface area contributed by atoms with Gasteiger partial charge >= 0.3 is 5.97 Å². The van der Waals surface area contributed by atoms with Gasteiger partial charge in [-0.25, -0.2) is 12.4 Å². The summed E-state index contributed by atoms with van der Waals surface area (Å²) in [6, 6.07) is 19.8. The number of aromatic nitrogens is 1. The van der Waals surface area contributed by atoms with Gasteiger partial charge in [-0.1, -0.05) is 48.0 Å². The van der Waals surface area contributed by atoms with Crippen molar-refractivity contribution in [2.75, 3.05) is 6.61 Å². The van der Waals surface area contributed by atoms with Gasteiger partial charge in [0.05, 0.1) is 17.0 Å². The summed E-state index contributed by atoms with van der Waals surface area (Å²) in [5.41, 5.74) is 3.63. The van der Waals surface area contributed by atoms with E-state index in [4.69, 9.17) is 9.84 Å². The molecule has 4 aromatic rings. The smallest absolute Gasteiger partial charge is 0.303 e. The Bertz CT molecular complexity index is 1420. The predicted molar refractivity (Wildman–Crippen MR) is 128 cm³/mol. The van der Waals surface area contributed by atoms with Crippen molar-refractivity contribution in [3.63, 3.8) is 0 Å². The maximum absolute atomic E-state index is 13.9. The van der Waals surface area contributed by atoms with E-state index < -0.39 is 16.0 Å². The van der Waals surface area contributed by atoms with E-state index in [0.29, 0.717) is 34.4 Å². The van der Waals surface area contributed by atoms with E-state index in [1.165, 1.54) is 10.2 Å². The summed E-state index contributed by atoms with van der Waals surface area (Å²) in [6.45, 7) is 4.32. The molecular weight excluding hydrogens is 438 g/mol. The molecule has 1 aromatic heterocycles. The molecule has 0 saturated carbocycles. The van der Waals surface area contributed by atoms with Crippen LogP contribution in [0.25, 0.3) is 22.0 Å². The minimum Gasteiger partial charge on any atom is -0.494 e. The summed E-state index contributed by atoms with van der Waals surface area (Å²) in [5, 5.41) is 9.83. The van der Waals surface area contributed by atoms with Crippen LogP contribution in [0.15, 0.2) is 77.8 Å². The van der Waals surface area contributed by atoms with Crippen LogP contribution in [-0.2, 0) is 21.2 Å². The second-order valence-corrected chi connectivity index (χ2v) is 9.61. The zero-order valence-corrected chi connectivity index (χ0v) is 19.3. The lowest BCUT2D eigenvalue weighted by atomic mass is 10.0. The van der Waals surface area contributed by atoms with E-state index >= 15 is 0 Å². The van der Waals surface area contributed by atoms with Crippen molar-refractivity contribution in [3.05, 3.63) is 84.1 Å². The van der Waals surface area contributed by atoms with E-state index in [1.807, 2.05) is 44.2 Å². The Labute approximate surface area is 193 Å². The van der Waals surface area contributed by atoms with Gasteiger partial charge in [-0.05, 0) is 55.7 Å². The molecule has 7 heteroatoms. The van der Waals surface area contributed by atoms with Crippen LogP contribution in [0.2, 0.25) is 0 Å². The molecule has 0 amide bonds. The van der Waals surface area contributed by atoms with Crippen LogP contribution in [-0.4, -0.2) is 30.1 Å². The molecule has 0 fully saturated rings. The first-order chi connectivity index (χ1) is 15.8. The lowest BCUT2D eigenvalue weighted by molar-refractivity contribution is -0.136. The number of carboxylic acids is 1. The Morgan fingerprint density at radius 1 is 1.03 bits per heavy atom. The van der Waals surface area contributed by atoms with Gasteiger partial charge in [-0.2, -0.15) is 0 Å². The fourth-order valence-electron chi connectivity index (χ4n) is 3.91. The fraction of sp³-hybridized carbons (Fsp3) is 0.192. The largest absolute Gasteiger partial charge is 0.494 e. The van der Waals surface area contributed by atoms with Crippen molar-refractivity contribution in [3.8, 4) is 16.9 Å². The number of nitrogens with zero attached hydrogens (tertiary/aromatic N) is 1. The summed E-state index contributed by atoms with van der Waals surface area (Å²) in [4.78, 5) is 11.4. The normalized spacial score (nSPS) is 11.6. The zero-order chi connectivity index (χ0) is 23.6. The maximum Gasteiger partial charge on any atom is 0.303 e. The molecule has 0 spiro atoms. The third-order valence-corrected chi connectivity index (χ3v) is 7.26. The van der Waals surface area contributed by atoms with Crippen molar-refractivity contribution >= 4 is 26.9 Å². The summed E-state index contributed by atoms with van der Waals surface area (Å²) in [7, 11) is -3.97. The molecule has 0 radical (unpaired) electrons. The molecule has 170 valence electrons. The van der Waals surface area contributed by atoms with Gasteiger partial charge in [0.15, 0.2) is 0 Å². The van der Waals surface area contributed by atoms with Crippen molar-refractivity contribution in [2.24, 2.45) is 0 Å². The maximum atomic E-state index is 13.9. The standard InChI is InChI=1S/C26H25NO5S/c1-3-32-21-13-14-24-23(16-21)20(12-15-26(28)29)17-27(24)33(30,31)25-7-5-4-6-22(25)19-10-8-18(2)9-11-19/h4-11,13-14,16-17H,3,12,15H2,1-2H3,(H,28,29). The van der Waals surface area contributed by atoms with Crippen molar-refractivity contribution in [1.29, 1.82) is 0 Å². The van der Waals surface area contributed by atoms with Crippen LogP contribution in [0.4, 0.5) is 0 Å². The van der Waals surface area contributed by atoms with Crippen LogP contribution in [0.1, 0.15) is 24.5 Å². The molecule has 4 rings (SSSR count). The molecule has 1 heterocycles. The van der Waals surface area contributed by atoms with Crippen LogP contribution in [0.3, 0.4) is 0 Å². The van der Waals surface area contributed by atoms with Crippen molar-refractivity contribution in [2.45, 2.75) is 31.6 Å². The first-order valence-electron chi connectivity index (χ1n) is 10.7. The van der Waals surface area contributed by atoms with Crippen molar-refractivity contribution < 1.29 is 23.1 Å². The third kappa shape index (κ3) is 4.50. The van der Waals surface area contributed by atoms with Crippen LogP contribution < -0.4 is 4.74 Å². The molecule has 0 aliphatic carbocycles. The number of fused-ring (bicyclic) bond motifs is 1. The summed E-state index contributed by atoms with van der Waals surface area (Å²) >= 11 is 0. The fourth-order valence-corrected chi connectivity index (χ4v) is 5.52. The molecule has 1 N–H and O–H groups in total. The number of aryl methyl sites for hydroxylation is 2. The number of ether oxygens (including phenoxy) is 1. The average molecular weight is 464 g/mol. The van der Waals surface area contributed by atoms with Gasteiger partial charge in [0, 0.05) is 23.6 Å². The Morgan fingerprint density at radius 2 is 1.76 bits per heavy atom. The quantitative estimate of drug-likeness (QED) is 0.385.